The number of nitrogens with zero attached hydrogens (tertiary/aromatic N) is 1. The van der Waals surface area contributed by atoms with E-state index < -0.39 is 32.5 Å². The van der Waals surface area contributed by atoms with Gasteiger partial charge in [-0.15, -0.1) is 0 Å². The van der Waals surface area contributed by atoms with Gasteiger partial charge in [0.25, 0.3) is 0 Å². The molecule has 0 aliphatic heterocycles. The van der Waals surface area contributed by atoms with E-state index in [2.05, 4.69) is 92.8 Å². The zero-order chi connectivity index (χ0) is 40.7. The number of phosphoric ester groups is 1. The molecule has 9 nitrogen and oxygen atoms in total. The molecule has 314 valence electrons. The van der Waals surface area contributed by atoms with Crippen molar-refractivity contribution in [2.75, 3.05) is 47.5 Å². The number of unbranched alkanes of at least 4 members (excludes halogenated alkanes) is 8. The number of carbonyl (C=O) groups is 2. The Kier molecular flexibility index (Phi) is 34.9. The fourth-order valence-corrected chi connectivity index (χ4v) is 5.63. The van der Waals surface area contributed by atoms with Crippen molar-refractivity contribution in [3.63, 3.8) is 0 Å². The normalized spacial score (nSPS) is 14.5. The molecule has 2 atom stereocenters. The highest BCUT2D eigenvalue weighted by Gasteiger charge is 2.27. The van der Waals surface area contributed by atoms with E-state index in [0.29, 0.717) is 30.3 Å². The summed E-state index contributed by atoms with van der Waals surface area (Å²) in [6.07, 6.45) is 46.4. The second-order valence-electron chi connectivity index (χ2n) is 14.6. The number of rotatable bonds is 36. The lowest BCUT2D eigenvalue weighted by Crippen LogP contribution is -2.37. The highest BCUT2D eigenvalue weighted by atomic mass is 31.2. The Labute approximate surface area is 335 Å². The molecule has 0 saturated heterocycles. The van der Waals surface area contributed by atoms with Crippen LogP contribution in [0, 0.1) is 0 Å². The van der Waals surface area contributed by atoms with Gasteiger partial charge in [0.15, 0.2) is 6.10 Å². The first-order valence-electron chi connectivity index (χ1n) is 20.8. The van der Waals surface area contributed by atoms with Crippen LogP contribution < -0.4 is 0 Å². The minimum absolute atomic E-state index is 0.0139. The van der Waals surface area contributed by atoms with E-state index >= 15 is 0 Å². The summed E-state index contributed by atoms with van der Waals surface area (Å²) in [5.74, 6) is -0.894. The molecule has 0 saturated carbocycles. The molecular weight excluding hydrogens is 713 g/mol. The highest BCUT2D eigenvalue weighted by Crippen LogP contribution is 2.43. The third kappa shape index (κ3) is 40.7. The summed E-state index contributed by atoms with van der Waals surface area (Å²) in [6.45, 7) is 4.15. The zero-order valence-electron chi connectivity index (χ0n) is 35.1. The van der Waals surface area contributed by atoms with Gasteiger partial charge in [-0.1, -0.05) is 131 Å². The third-order valence-corrected chi connectivity index (χ3v) is 9.14. The van der Waals surface area contributed by atoms with Gasteiger partial charge >= 0.3 is 19.8 Å². The summed E-state index contributed by atoms with van der Waals surface area (Å²) in [5, 5.41) is 0. The minimum Gasteiger partial charge on any atom is -0.462 e. The van der Waals surface area contributed by atoms with Crippen LogP contribution in [-0.4, -0.2) is 74.9 Å². The van der Waals surface area contributed by atoms with Crippen LogP contribution in [0.5, 0.6) is 0 Å². The lowest BCUT2D eigenvalue weighted by Gasteiger charge is -2.24. The summed E-state index contributed by atoms with van der Waals surface area (Å²) >= 11 is 0. The van der Waals surface area contributed by atoms with E-state index in [4.69, 9.17) is 18.5 Å². The quantitative estimate of drug-likeness (QED) is 0.0220. The first-order valence-corrected chi connectivity index (χ1v) is 22.3. The van der Waals surface area contributed by atoms with Crippen LogP contribution in [0.2, 0.25) is 0 Å². The average Bonchev–Trinajstić information content (AvgIpc) is 3.13. The number of likely N-dealkylation sites (N-methyl/N-ethyl adjacent to an activating group) is 1. The van der Waals surface area contributed by atoms with Crippen molar-refractivity contribution < 1.29 is 42.1 Å². The van der Waals surface area contributed by atoms with E-state index in [0.717, 1.165) is 77.0 Å². The molecule has 0 rings (SSSR count). The van der Waals surface area contributed by atoms with E-state index in [1.807, 2.05) is 27.2 Å². The monoisotopic (exact) mass is 791 g/mol. The Morgan fingerprint density at radius 2 is 1.05 bits per heavy atom. The summed E-state index contributed by atoms with van der Waals surface area (Å²) in [7, 11) is 1.41. The molecule has 0 aliphatic rings. The maximum Gasteiger partial charge on any atom is 0.472 e. The van der Waals surface area contributed by atoms with E-state index in [-0.39, 0.29) is 26.1 Å². The number of phosphoric acid groups is 1. The molecule has 1 N–H and O–H groups in total. The van der Waals surface area contributed by atoms with Crippen LogP contribution in [0.3, 0.4) is 0 Å². The molecule has 0 bridgehead atoms. The minimum atomic E-state index is -4.40. The van der Waals surface area contributed by atoms with Crippen LogP contribution >= 0.6 is 7.82 Å². The van der Waals surface area contributed by atoms with Crippen molar-refractivity contribution in [1.82, 2.24) is 0 Å². The van der Waals surface area contributed by atoms with Crippen LogP contribution in [0.4, 0.5) is 0 Å². The topological polar surface area (TPSA) is 108 Å². The van der Waals surface area contributed by atoms with Crippen LogP contribution in [0.25, 0.3) is 0 Å². The van der Waals surface area contributed by atoms with Gasteiger partial charge < -0.3 is 18.9 Å². The summed E-state index contributed by atoms with van der Waals surface area (Å²) < 4.78 is 34.2. The fourth-order valence-electron chi connectivity index (χ4n) is 4.89. The van der Waals surface area contributed by atoms with Gasteiger partial charge in [0, 0.05) is 12.8 Å². The fraction of sp³-hybridized carbons (Fsp3) is 0.644. The van der Waals surface area contributed by atoms with Gasteiger partial charge in [-0.2, -0.15) is 0 Å². The smallest absolute Gasteiger partial charge is 0.462 e. The van der Waals surface area contributed by atoms with Gasteiger partial charge in [0.05, 0.1) is 27.7 Å². The number of quaternary nitrogens is 1. The van der Waals surface area contributed by atoms with Gasteiger partial charge in [-0.25, -0.2) is 4.57 Å². The third-order valence-electron chi connectivity index (χ3n) is 8.16. The van der Waals surface area contributed by atoms with Crippen LogP contribution in [-0.2, 0) is 32.7 Å². The molecule has 0 aromatic heterocycles. The van der Waals surface area contributed by atoms with Crippen molar-refractivity contribution in [2.45, 2.75) is 142 Å². The van der Waals surface area contributed by atoms with Crippen LogP contribution in [0.15, 0.2) is 85.1 Å². The number of allylic oxidation sites excluding steroid dienone is 14. The van der Waals surface area contributed by atoms with Gasteiger partial charge in [-0.05, 0) is 77.0 Å². The Balaban J connectivity index is 4.54. The van der Waals surface area contributed by atoms with Crippen molar-refractivity contribution in [2.24, 2.45) is 0 Å². The maximum atomic E-state index is 12.6. The standard InChI is InChI=1S/C45H76NO8P/c1-6-8-10-12-14-16-18-20-22-23-24-26-28-30-32-34-36-38-45(48)54-43(42-53-55(49,50)52-40-39-46(3,4)5)41-51-44(47)37-35-33-31-29-27-25-21-19-17-15-13-11-9-7-2/h8,10,13-16,19-22,24,26,30,32,43H,6-7,9,11-12,17-18,23,25,27-29,31,33-42H2,1-5H3/p+1/b10-8+,15-13+,16-14+,21-19+,22-20+,26-24+,32-30+/t43-/m1/s1. The molecule has 1 unspecified atom stereocenters. The Bertz CT molecular complexity index is 1210. The molecule has 0 spiro atoms. The van der Waals surface area contributed by atoms with Gasteiger partial charge in [-0.3, -0.25) is 18.6 Å². The molecule has 0 fully saturated rings. The Morgan fingerprint density at radius 3 is 1.60 bits per heavy atom. The second kappa shape index (κ2) is 36.8. The molecule has 55 heavy (non-hydrogen) atoms. The van der Waals surface area contributed by atoms with Gasteiger partial charge in [0.1, 0.15) is 19.8 Å². The number of ether oxygens (including phenoxy) is 2. The molecule has 0 amide bonds. The Morgan fingerprint density at radius 1 is 0.582 bits per heavy atom. The first-order chi connectivity index (χ1) is 26.5. The zero-order valence-corrected chi connectivity index (χ0v) is 36.0. The number of hydrogen-bond donors (Lipinski definition) is 1. The van der Waals surface area contributed by atoms with Crippen LogP contribution in [0.1, 0.15) is 136 Å². The molecule has 0 heterocycles. The van der Waals surface area contributed by atoms with Gasteiger partial charge in [0.2, 0.25) is 0 Å². The average molecular weight is 791 g/mol. The van der Waals surface area contributed by atoms with Crippen molar-refractivity contribution in [3.05, 3.63) is 85.1 Å². The first kappa shape index (κ1) is 52.2. The van der Waals surface area contributed by atoms with E-state index in [9.17, 15) is 19.0 Å². The van der Waals surface area contributed by atoms with Crippen molar-refractivity contribution in [1.29, 1.82) is 0 Å². The highest BCUT2D eigenvalue weighted by molar-refractivity contribution is 7.47. The summed E-state index contributed by atoms with van der Waals surface area (Å²) in [6, 6.07) is 0. The molecule has 0 aromatic carbocycles. The van der Waals surface area contributed by atoms with Crippen molar-refractivity contribution >= 4 is 19.8 Å². The van der Waals surface area contributed by atoms with E-state index in [1.54, 1.807) is 0 Å². The number of esters is 2. The summed E-state index contributed by atoms with van der Waals surface area (Å²) in [4.78, 5) is 35.3. The lowest BCUT2D eigenvalue weighted by molar-refractivity contribution is -0.870. The molecule has 0 aromatic rings. The summed E-state index contributed by atoms with van der Waals surface area (Å²) in [5.41, 5.74) is 0. The SMILES string of the molecule is CC/C=C/C/C=C/C/C=C/C/C=C/C/C=C/CCCC(=O)O[C@H](COC(=O)CCCCCCC/C=C/C/C=C/CCCC)COP(=O)(O)OCC[N+](C)(C)C. The largest absolute Gasteiger partial charge is 0.472 e. The number of hydrogen-bond acceptors (Lipinski definition) is 7. The predicted octanol–water partition coefficient (Wildman–Crippen LogP) is 11.6. The molecule has 10 heteroatoms. The molecular formula is C45H77NO8P+. The maximum absolute atomic E-state index is 12.6. The molecule has 0 aliphatic carbocycles. The van der Waals surface area contributed by atoms with E-state index in [1.165, 1.54) is 12.8 Å². The predicted molar refractivity (Wildman–Crippen MR) is 229 cm³/mol. The lowest BCUT2D eigenvalue weighted by atomic mass is 10.1. The Hall–Kier alpha value is -2.81. The second-order valence-corrected chi connectivity index (χ2v) is 16.1. The molecule has 0 radical (unpaired) electrons. The van der Waals surface area contributed by atoms with Crippen molar-refractivity contribution in [3.8, 4) is 0 Å². The number of carbonyl (C=O) groups excluding carboxylic acids is 2.